The normalized spacial score (nSPS) is 13.5. The van der Waals surface area contributed by atoms with Crippen LogP contribution in [0.2, 0.25) is 0 Å². The molecule has 0 aromatic heterocycles. The summed E-state index contributed by atoms with van der Waals surface area (Å²) in [5, 5.41) is 2.91. The molecule has 2 atom stereocenters. The molecule has 7 heteroatoms. The van der Waals surface area contributed by atoms with E-state index in [1.54, 1.807) is 43.5 Å². The Balaban J connectivity index is 2.04. The van der Waals surface area contributed by atoms with E-state index in [1.807, 2.05) is 13.8 Å². The molecule has 0 aliphatic rings. The summed E-state index contributed by atoms with van der Waals surface area (Å²) in [6.07, 6.45) is 1.02. The van der Waals surface area contributed by atoms with Crippen LogP contribution in [0.1, 0.15) is 31.9 Å². The topological polar surface area (TPSA) is 81.7 Å². The van der Waals surface area contributed by atoms with Crippen LogP contribution in [0.3, 0.4) is 0 Å². The lowest BCUT2D eigenvalue weighted by Gasteiger charge is -2.21. The van der Waals surface area contributed by atoms with E-state index in [0.717, 1.165) is 11.8 Å². The number of nitrogens with one attached hydrogen (secondary N) is 1. The fourth-order valence-corrected chi connectivity index (χ4v) is 3.18. The van der Waals surface area contributed by atoms with Gasteiger partial charge in [0.1, 0.15) is 11.5 Å². The lowest BCUT2D eigenvalue weighted by Crippen LogP contribution is -2.39. The molecule has 0 radical (unpaired) electrons. The van der Waals surface area contributed by atoms with Gasteiger partial charge in [0.05, 0.1) is 18.0 Å². The molecule has 0 aliphatic heterocycles. The monoisotopic (exact) mass is 391 g/mol. The number of ether oxygens (including phenoxy) is 2. The predicted octanol–water partition coefficient (Wildman–Crippen LogP) is 3.13. The highest BCUT2D eigenvalue weighted by Gasteiger charge is 2.21. The molecule has 0 unspecified atom stereocenters. The number of rotatable bonds is 8. The van der Waals surface area contributed by atoms with Crippen LogP contribution in [-0.4, -0.2) is 33.8 Å². The van der Waals surface area contributed by atoms with E-state index in [9.17, 15) is 13.2 Å². The third-order valence-electron chi connectivity index (χ3n) is 4.15. The SMILES string of the molecule is CC[C@@H](Oc1cccc(OC)c1)C(=O)N[C@@H](C)c1ccc(S(C)(=O)=O)cc1. The van der Waals surface area contributed by atoms with Gasteiger partial charge in [-0.1, -0.05) is 25.1 Å². The number of benzene rings is 2. The van der Waals surface area contributed by atoms with E-state index in [-0.39, 0.29) is 16.8 Å². The molecule has 0 aliphatic carbocycles. The average molecular weight is 391 g/mol. The molecule has 0 bridgehead atoms. The van der Waals surface area contributed by atoms with Gasteiger partial charge in [0, 0.05) is 12.3 Å². The lowest BCUT2D eigenvalue weighted by atomic mass is 10.1. The van der Waals surface area contributed by atoms with Gasteiger partial charge in [-0.2, -0.15) is 0 Å². The molecule has 1 amide bonds. The Morgan fingerprint density at radius 1 is 1.11 bits per heavy atom. The third kappa shape index (κ3) is 5.72. The molecule has 2 aromatic carbocycles. The predicted molar refractivity (Wildman–Crippen MR) is 104 cm³/mol. The number of carbonyl (C=O) groups excluding carboxylic acids is 1. The van der Waals surface area contributed by atoms with E-state index in [1.165, 1.54) is 12.1 Å². The van der Waals surface area contributed by atoms with Crippen molar-refractivity contribution in [3.8, 4) is 11.5 Å². The van der Waals surface area contributed by atoms with Crippen molar-refractivity contribution in [3.63, 3.8) is 0 Å². The molecule has 0 heterocycles. The minimum absolute atomic E-state index is 0.236. The van der Waals surface area contributed by atoms with Crippen molar-refractivity contribution >= 4 is 15.7 Å². The second kappa shape index (κ2) is 8.90. The first-order chi connectivity index (χ1) is 12.7. The van der Waals surface area contributed by atoms with Gasteiger partial charge in [-0.25, -0.2) is 8.42 Å². The van der Waals surface area contributed by atoms with Crippen LogP contribution in [0.5, 0.6) is 11.5 Å². The van der Waals surface area contributed by atoms with Gasteiger partial charge < -0.3 is 14.8 Å². The lowest BCUT2D eigenvalue weighted by molar-refractivity contribution is -0.128. The molecule has 0 saturated carbocycles. The molecule has 0 saturated heterocycles. The highest BCUT2D eigenvalue weighted by Crippen LogP contribution is 2.21. The van der Waals surface area contributed by atoms with E-state index in [4.69, 9.17) is 9.47 Å². The summed E-state index contributed by atoms with van der Waals surface area (Å²) in [5.74, 6) is 0.976. The van der Waals surface area contributed by atoms with Gasteiger partial charge in [-0.15, -0.1) is 0 Å². The van der Waals surface area contributed by atoms with Crippen molar-refractivity contribution in [2.75, 3.05) is 13.4 Å². The Bertz CT molecular complexity index is 878. The van der Waals surface area contributed by atoms with Crippen molar-refractivity contribution in [2.24, 2.45) is 0 Å². The zero-order valence-electron chi connectivity index (χ0n) is 15.9. The number of methoxy groups -OCH3 is 1. The van der Waals surface area contributed by atoms with Gasteiger partial charge in [-0.05, 0) is 43.2 Å². The number of hydrogen-bond acceptors (Lipinski definition) is 5. The molecule has 6 nitrogen and oxygen atoms in total. The summed E-state index contributed by atoms with van der Waals surface area (Å²) < 4.78 is 34.0. The maximum atomic E-state index is 12.6. The number of hydrogen-bond donors (Lipinski definition) is 1. The van der Waals surface area contributed by atoms with E-state index < -0.39 is 15.9 Å². The van der Waals surface area contributed by atoms with Crippen molar-refractivity contribution in [2.45, 2.75) is 37.3 Å². The van der Waals surface area contributed by atoms with Crippen molar-refractivity contribution in [1.82, 2.24) is 5.32 Å². The Morgan fingerprint density at radius 3 is 2.30 bits per heavy atom. The van der Waals surface area contributed by atoms with E-state index >= 15 is 0 Å². The molecular weight excluding hydrogens is 366 g/mol. The fourth-order valence-electron chi connectivity index (χ4n) is 2.55. The standard InChI is InChI=1S/C20H25NO5S/c1-5-19(26-17-8-6-7-16(13-17)25-3)20(22)21-14(2)15-9-11-18(12-10-15)27(4,23)24/h6-14,19H,5H2,1-4H3,(H,21,22)/t14-,19+/m0/s1. The maximum Gasteiger partial charge on any atom is 0.261 e. The van der Waals surface area contributed by atoms with Crippen molar-refractivity contribution in [3.05, 3.63) is 54.1 Å². The zero-order valence-corrected chi connectivity index (χ0v) is 16.7. The molecule has 0 spiro atoms. The summed E-state index contributed by atoms with van der Waals surface area (Å²) >= 11 is 0. The first kappa shape index (κ1) is 20.8. The second-order valence-corrected chi connectivity index (χ2v) is 8.28. The Labute approximate surface area is 160 Å². The molecule has 2 aromatic rings. The third-order valence-corrected chi connectivity index (χ3v) is 5.28. The zero-order chi connectivity index (χ0) is 20.0. The van der Waals surface area contributed by atoms with Crippen LogP contribution in [0.4, 0.5) is 0 Å². The average Bonchev–Trinajstić information content (AvgIpc) is 2.65. The first-order valence-corrected chi connectivity index (χ1v) is 10.5. The Hall–Kier alpha value is -2.54. The minimum Gasteiger partial charge on any atom is -0.497 e. The molecule has 1 N–H and O–H groups in total. The van der Waals surface area contributed by atoms with Gasteiger partial charge in [0.2, 0.25) is 0 Å². The van der Waals surface area contributed by atoms with E-state index in [2.05, 4.69) is 5.32 Å². The highest BCUT2D eigenvalue weighted by molar-refractivity contribution is 7.90. The van der Waals surface area contributed by atoms with Crippen LogP contribution in [-0.2, 0) is 14.6 Å². The summed E-state index contributed by atoms with van der Waals surface area (Å²) in [7, 11) is -1.67. The highest BCUT2D eigenvalue weighted by atomic mass is 32.2. The molecule has 2 rings (SSSR count). The summed E-state index contributed by atoms with van der Waals surface area (Å²) in [6, 6.07) is 13.3. The maximum absolute atomic E-state index is 12.6. The number of carbonyl (C=O) groups is 1. The smallest absolute Gasteiger partial charge is 0.261 e. The van der Waals surface area contributed by atoms with Crippen LogP contribution in [0, 0.1) is 0 Å². The largest absolute Gasteiger partial charge is 0.497 e. The summed E-state index contributed by atoms with van der Waals surface area (Å²) in [6.45, 7) is 3.71. The quantitative estimate of drug-likeness (QED) is 0.748. The van der Waals surface area contributed by atoms with Crippen LogP contribution in [0.25, 0.3) is 0 Å². The first-order valence-electron chi connectivity index (χ1n) is 8.65. The molecule has 27 heavy (non-hydrogen) atoms. The van der Waals surface area contributed by atoms with Crippen LogP contribution >= 0.6 is 0 Å². The van der Waals surface area contributed by atoms with E-state index in [0.29, 0.717) is 17.9 Å². The fraction of sp³-hybridized carbons (Fsp3) is 0.350. The molecular formula is C20H25NO5S. The summed E-state index contributed by atoms with van der Waals surface area (Å²) in [5.41, 5.74) is 0.812. The minimum atomic E-state index is -3.24. The van der Waals surface area contributed by atoms with Crippen LogP contribution in [0.15, 0.2) is 53.4 Å². The number of sulfone groups is 1. The Kier molecular flexibility index (Phi) is 6.85. The second-order valence-electron chi connectivity index (χ2n) is 6.27. The molecule has 146 valence electrons. The van der Waals surface area contributed by atoms with Gasteiger partial charge in [0.25, 0.3) is 5.91 Å². The number of amides is 1. The van der Waals surface area contributed by atoms with Crippen LogP contribution < -0.4 is 14.8 Å². The van der Waals surface area contributed by atoms with Gasteiger partial charge in [-0.3, -0.25) is 4.79 Å². The molecule has 0 fully saturated rings. The summed E-state index contributed by atoms with van der Waals surface area (Å²) in [4.78, 5) is 12.8. The Morgan fingerprint density at radius 2 is 1.74 bits per heavy atom. The van der Waals surface area contributed by atoms with Crippen molar-refractivity contribution < 1.29 is 22.7 Å². The van der Waals surface area contributed by atoms with Gasteiger partial charge >= 0.3 is 0 Å². The van der Waals surface area contributed by atoms with Crippen molar-refractivity contribution in [1.29, 1.82) is 0 Å². The van der Waals surface area contributed by atoms with Gasteiger partial charge in [0.15, 0.2) is 15.9 Å².